The van der Waals surface area contributed by atoms with E-state index in [0.29, 0.717) is 12.0 Å². The van der Waals surface area contributed by atoms with E-state index in [1.807, 2.05) is 5.32 Å². The number of carbonyl (C=O) groups excluding carboxylic acids is 3. The van der Waals surface area contributed by atoms with Gasteiger partial charge in [-0.1, -0.05) is 19.1 Å². The number of hydrogen-bond acceptors (Lipinski definition) is 4. The summed E-state index contributed by atoms with van der Waals surface area (Å²) in [4.78, 5) is 48.9. The molecule has 1 heterocycles. The molecule has 2 amide bonds. The number of benzene rings is 1. The largest absolute Gasteiger partial charge is 0.480 e. The van der Waals surface area contributed by atoms with Crippen LogP contribution >= 0.6 is 0 Å². The molecule has 1 aliphatic heterocycles. The fourth-order valence-electron chi connectivity index (χ4n) is 3.03. The molecule has 2 rings (SSSR count). The molecule has 0 saturated carbocycles. The van der Waals surface area contributed by atoms with Crippen LogP contribution in [-0.2, 0) is 31.9 Å². The Kier molecular flexibility index (Phi) is 6.42. The number of carboxylic acid groups (broad SMARTS) is 1. The maximum atomic E-state index is 12.7. The number of alkyl halides is 3. The molecule has 28 heavy (non-hydrogen) atoms. The number of halogens is 3. The highest BCUT2D eigenvalue weighted by atomic mass is 19.4. The first-order valence-corrected chi connectivity index (χ1v) is 8.53. The van der Waals surface area contributed by atoms with Crippen molar-refractivity contribution >= 4 is 23.6 Å². The smallest absolute Gasteiger partial charge is 0.416 e. The molecule has 2 unspecified atom stereocenters. The number of amides is 2. The van der Waals surface area contributed by atoms with Crippen LogP contribution in [0.1, 0.15) is 30.9 Å². The van der Waals surface area contributed by atoms with Crippen molar-refractivity contribution in [3.05, 3.63) is 35.4 Å². The zero-order valence-electron chi connectivity index (χ0n) is 15.0. The number of piperidine rings is 1. The molecule has 0 spiro atoms. The van der Waals surface area contributed by atoms with E-state index in [0.717, 1.165) is 12.1 Å². The minimum Gasteiger partial charge on any atom is -0.480 e. The van der Waals surface area contributed by atoms with Crippen LogP contribution in [0.4, 0.5) is 13.2 Å². The van der Waals surface area contributed by atoms with E-state index in [-0.39, 0.29) is 13.0 Å². The molecule has 0 bridgehead atoms. The van der Waals surface area contributed by atoms with Crippen molar-refractivity contribution < 1.29 is 37.5 Å². The number of nitrogens with one attached hydrogen (secondary N) is 1. The average Bonchev–Trinajstić information content (AvgIpc) is 2.61. The van der Waals surface area contributed by atoms with E-state index in [1.54, 1.807) is 6.92 Å². The van der Waals surface area contributed by atoms with Gasteiger partial charge in [0.25, 0.3) is 0 Å². The summed E-state index contributed by atoms with van der Waals surface area (Å²) in [5.74, 6) is -5.37. The Hall–Kier alpha value is -2.91. The first kappa shape index (κ1) is 21.4. The lowest BCUT2D eigenvalue weighted by atomic mass is 9.88. The van der Waals surface area contributed by atoms with E-state index in [4.69, 9.17) is 5.11 Å². The second-order valence-electron chi connectivity index (χ2n) is 6.44. The standard InChI is InChI=1S/C18H19F3N2O5/c1-2-12-7-13(24)15(16(27)22-8-14(25)26)17(28)23(12)9-10-3-5-11(6-4-10)18(19,20)21/h3-6,12,15H,2,7-9H2,1H3,(H,22,27)(H,25,26). The lowest BCUT2D eigenvalue weighted by Gasteiger charge is -2.37. The van der Waals surface area contributed by atoms with Gasteiger partial charge in [0, 0.05) is 19.0 Å². The van der Waals surface area contributed by atoms with Gasteiger partial charge in [0.15, 0.2) is 11.7 Å². The topological polar surface area (TPSA) is 104 Å². The average molecular weight is 400 g/mol. The van der Waals surface area contributed by atoms with Crippen molar-refractivity contribution in [3.8, 4) is 0 Å². The van der Waals surface area contributed by atoms with Crippen molar-refractivity contribution in [2.75, 3.05) is 6.54 Å². The van der Waals surface area contributed by atoms with Crippen molar-refractivity contribution in [3.63, 3.8) is 0 Å². The lowest BCUT2D eigenvalue weighted by Crippen LogP contribution is -2.56. The van der Waals surface area contributed by atoms with Crippen LogP contribution in [0.3, 0.4) is 0 Å². The Bertz CT molecular complexity index is 776. The summed E-state index contributed by atoms with van der Waals surface area (Å²) in [5.41, 5.74) is -0.409. The van der Waals surface area contributed by atoms with Gasteiger partial charge >= 0.3 is 12.1 Å². The maximum Gasteiger partial charge on any atom is 0.416 e. The van der Waals surface area contributed by atoms with Gasteiger partial charge in [-0.3, -0.25) is 19.2 Å². The van der Waals surface area contributed by atoms with Crippen LogP contribution in [0, 0.1) is 5.92 Å². The summed E-state index contributed by atoms with van der Waals surface area (Å²) in [6.07, 6.45) is -4.15. The summed E-state index contributed by atoms with van der Waals surface area (Å²) in [7, 11) is 0. The quantitative estimate of drug-likeness (QED) is 0.706. The third kappa shape index (κ3) is 4.87. The highest BCUT2D eigenvalue weighted by molar-refractivity contribution is 6.19. The highest BCUT2D eigenvalue weighted by Crippen LogP contribution is 2.30. The van der Waals surface area contributed by atoms with E-state index in [2.05, 4.69) is 0 Å². The molecular weight excluding hydrogens is 381 g/mol. The number of carboxylic acids is 1. The summed E-state index contributed by atoms with van der Waals surface area (Å²) >= 11 is 0. The molecule has 7 nitrogen and oxygen atoms in total. The van der Waals surface area contributed by atoms with Gasteiger partial charge in [0.2, 0.25) is 11.8 Å². The summed E-state index contributed by atoms with van der Waals surface area (Å²) in [6.45, 7) is 0.952. The third-order valence-corrected chi connectivity index (χ3v) is 4.51. The lowest BCUT2D eigenvalue weighted by molar-refractivity contribution is -0.155. The second kappa shape index (κ2) is 8.41. The van der Waals surface area contributed by atoms with Crippen LogP contribution in [-0.4, -0.2) is 46.2 Å². The van der Waals surface area contributed by atoms with Gasteiger partial charge < -0.3 is 15.3 Å². The zero-order valence-corrected chi connectivity index (χ0v) is 15.0. The van der Waals surface area contributed by atoms with Crippen molar-refractivity contribution in [1.82, 2.24) is 10.2 Å². The third-order valence-electron chi connectivity index (χ3n) is 4.51. The van der Waals surface area contributed by atoms with Gasteiger partial charge in [0.1, 0.15) is 6.54 Å². The number of likely N-dealkylation sites (tertiary alicyclic amines) is 1. The van der Waals surface area contributed by atoms with Gasteiger partial charge in [0.05, 0.1) is 5.56 Å². The van der Waals surface area contributed by atoms with Crippen LogP contribution in [0.2, 0.25) is 0 Å². The van der Waals surface area contributed by atoms with Crippen molar-refractivity contribution in [2.45, 2.75) is 38.5 Å². The van der Waals surface area contributed by atoms with Crippen LogP contribution in [0.5, 0.6) is 0 Å². The van der Waals surface area contributed by atoms with E-state index < -0.39 is 53.8 Å². The fourth-order valence-corrected chi connectivity index (χ4v) is 3.03. The molecular formula is C18H19F3N2O5. The van der Waals surface area contributed by atoms with Crippen LogP contribution in [0.25, 0.3) is 0 Å². The summed E-state index contributed by atoms with van der Waals surface area (Å²) in [5, 5.41) is 10.6. The molecule has 0 radical (unpaired) electrons. The first-order valence-electron chi connectivity index (χ1n) is 8.53. The number of aliphatic carboxylic acids is 1. The molecule has 1 fully saturated rings. The molecule has 2 atom stereocenters. The Morgan fingerprint density at radius 2 is 1.82 bits per heavy atom. The second-order valence-corrected chi connectivity index (χ2v) is 6.44. The molecule has 1 saturated heterocycles. The normalized spacial score (nSPS) is 20.2. The number of carbonyl (C=O) groups is 4. The molecule has 2 N–H and O–H groups in total. The predicted molar refractivity (Wildman–Crippen MR) is 89.8 cm³/mol. The number of rotatable bonds is 6. The SMILES string of the molecule is CCC1CC(=O)C(C(=O)NCC(=O)O)C(=O)N1Cc1ccc(C(F)(F)F)cc1. The number of nitrogens with zero attached hydrogens (tertiary/aromatic N) is 1. The summed E-state index contributed by atoms with van der Waals surface area (Å²) in [6, 6.07) is 3.77. The Balaban J connectivity index is 2.20. The van der Waals surface area contributed by atoms with Crippen molar-refractivity contribution in [2.24, 2.45) is 5.92 Å². The van der Waals surface area contributed by atoms with E-state index >= 15 is 0 Å². The maximum absolute atomic E-state index is 12.7. The fraction of sp³-hybridized carbons (Fsp3) is 0.444. The highest BCUT2D eigenvalue weighted by Gasteiger charge is 2.44. The minimum absolute atomic E-state index is 0.0640. The van der Waals surface area contributed by atoms with Crippen LogP contribution < -0.4 is 5.32 Å². The predicted octanol–water partition coefficient (Wildman–Crippen LogP) is 1.60. The monoisotopic (exact) mass is 400 g/mol. The zero-order chi connectivity index (χ0) is 21.1. The van der Waals surface area contributed by atoms with Gasteiger partial charge in [-0.25, -0.2) is 0 Å². The molecule has 0 aromatic heterocycles. The Labute approximate surface area is 158 Å². The van der Waals surface area contributed by atoms with Gasteiger partial charge in [-0.2, -0.15) is 13.2 Å². The Morgan fingerprint density at radius 1 is 1.21 bits per heavy atom. The molecule has 1 aliphatic rings. The summed E-state index contributed by atoms with van der Waals surface area (Å²) < 4.78 is 38.0. The van der Waals surface area contributed by atoms with Crippen LogP contribution in [0.15, 0.2) is 24.3 Å². The molecule has 0 aliphatic carbocycles. The minimum atomic E-state index is -4.48. The van der Waals surface area contributed by atoms with E-state index in [1.165, 1.54) is 17.0 Å². The number of ketones is 1. The van der Waals surface area contributed by atoms with Crippen molar-refractivity contribution in [1.29, 1.82) is 0 Å². The molecule has 152 valence electrons. The Morgan fingerprint density at radius 3 is 2.32 bits per heavy atom. The number of hydrogen-bond donors (Lipinski definition) is 2. The first-order chi connectivity index (χ1) is 13.0. The number of Topliss-reactive ketones (excluding diaryl/α,β-unsaturated/α-hetero) is 1. The molecule has 10 heteroatoms. The van der Waals surface area contributed by atoms with Gasteiger partial charge in [-0.05, 0) is 24.1 Å². The molecule has 1 aromatic carbocycles. The molecule has 1 aromatic rings. The van der Waals surface area contributed by atoms with E-state index in [9.17, 15) is 32.3 Å². The van der Waals surface area contributed by atoms with Gasteiger partial charge in [-0.15, -0.1) is 0 Å².